The molecule has 0 bridgehead atoms. The number of benzene rings is 1. The fourth-order valence-electron chi connectivity index (χ4n) is 2.74. The lowest BCUT2D eigenvalue weighted by Gasteiger charge is -2.28. The summed E-state index contributed by atoms with van der Waals surface area (Å²) in [6.07, 6.45) is -0.324. The second kappa shape index (κ2) is 7.94. The first-order chi connectivity index (χ1) is 12.7. The average Bonchev–Trinajstić information content (AvgIpc) is 2.59. The number of carbonyl (C=O) groups is 2. The number of nitrogens with one attached hydrogen (secondary N) is 2. The first kappa shape index (κ1) is 20.0. The first-order valence-electron chi connectivity index (χ1n) is 8.09. The van der Waals surface area contributed by atoms with Crippen LogP contribution >= 0.6 is 0 Å². The van der Waals surface area contributed by atoms with Crippen molar-refractivity contribution in [3.05, 3.63) is 39.1 Å². The van der Waals surface area contributed by atoms with Crippen LogP contribution < -0.4 is 20.1 Å². The van der Waals surface area contributed by atoms with E-state index in [-0.39, 0.29) is 34.4 Å². The molecule has 1 aliphatic heterocycles. The Morgan fingerprint density at radius 2 is 1.96 bits per heavy atom. The maximum absolute atomic E-state index is 12.2. The molecule has 2 rings (SSSR count). The summed E-state index contributed by atoms with van der Waals surface area (Å²) in [5, 5.41) is 16.6. The highest BCUT2D eigenvalue weighted by molar-refractivity contribution is 5.95. The zero-order valence-corrected chi connectivity index (χ0v) is 15.6. The molecule has 1 aromatic rings. The summed E-state index contributed by atoms with van der Waals surface area (Å²) in [4.78, 5) is 35.1. The molecule has 10 nitrogen and oxygen atoms in total. The van der Waals surface area contributed by atoms with Crippen molar-refractivity contribution in [1.82, 2.24) is 10.6 Å². The summed E-state index contributed by atoms with van der Waals surface area (Å²) >= 11 is 0. The first-order valence-corrected chi connectivity index (χ1v) is 8.09. The molecule has 1 heterocycles. The molecule has 0 aliphatic carbocycles. The summed E-state index contributed by atoms with van der Waals surface area (Å²) in [6, 6.07) is 1.23. The van der Waals surface area contributed by atoms with E-state index >= 15 is 0 Å². The molecule has 146 valence electrons. The Labute approximate surface area is 155 Å². The summed E-state index contributed by atoms with van der Waals surface area (Å²) in [7, 11) is 2.55. The lowest BCUT2D eigenvalue weighted by atomic mass is 9.94. The number of allylic oxidation sites excluding steroid dienone is 1. The van der Waals surface area contributed by atoms with E-state index in [9.17, 15) is 19.7 Å². The van der Waals surface area contributed by atoms with Crippen molar-refractivity contribution in [2.75, 3.05) is 14.2 Å². The van der Waals surface area contributed by atoms with Crippen LogP contribution in [0.15, 0.2) is 23.4 Å². The second-order valence-electron chi connectivity index (χ2n) is 6.06. The number of esters is 1. The van der Waals surface area contributed by atoms with Gasteiger partial charge in [-0.3, -0.25) is 10.1 Å². The number of carbonyl (C=O) groups excluding carboxylic acids is 2. The number of nitrogens with zero attached hydrogens (tertiary/aromatic N) is 1. The monoisotopic (exact) mass is 379 g/mol. The lowest BCUT2D eigenvalue weighted by molar-refractivity contribution is -0.386. The minimum Gasteiger partial charge on any atom is -0.493 e. The van der Waals surface area contributed by atoms with Gasteiger partial charge in [0, 0.05) is 11.8 Å². The Bertz CT molecular complexity index is 817. The van der Waals surface area contributed by atoms with E-state index < -0.39 is 23.0 Å². The largest absolute Gasteiger partial charge is 0.493 e. The number of nitro benzene ring substituents is 1. The molecular formula is C17H21N3O7. The van der Waals surface area contributed by atoms with Crippen molar-refractivity contribution in [2.24, 2.45) is 0 Å². The molecular weight excluding hydrogens is 358 g/mol. The van der Waals surface area contributed by atoms with Crippen LogP contribution in [-0.2, 0) is 9.53 Å². The topological polar surface area (TPSA) is 129 Å². The van der Waals surface area contributed by atoms with Crippen molar-refractivity contribution in [3.8, 4) is 11.5 Å². The van der Waals surface area contributed by atoms with Crippen molar-refractivity contribution >= 4 is 17.7 Å². The van der Waals surface area contributed by atoms with Crippen LogP contribution in [0.2, 0.25) is 0 Å². The Morgan fingerprint density at radius 1 is 1.30 bits per heavy atom. The zero-order valence-electron chi connectivity index (χ0n) is 15.6. The van der Waals surface area contributed by atoms with Gasteiger partial charge >= 0.3 is 17.7 Å². The van der Waals surface area contributed by atoms with E-state index in [2.05, 4.69) is 10.6 Å². The van der Waals surface area contributed by atoms with E-state index in [1.807, 2.05) is 0 Å². The number of ether oxygens (including phenoxy) is 3. The minimum absolute atomic E-state index is 0.0261. The fourth-order valence-corrected chi connectivity index (χ4v) is 2.74. The van der Waals surface area contributed by atoms with Gasteiger partial charge in [0.25, 0.3) is 0 Å². The van der Waals surface area contributed by atoms with Crippen LogP contribution in [0.3, 0.4) is 0 Å². The van der Waals surface area contributed by atoms with Gasteiger partial charge in [-0.25, -0.2) is 9.59 Å². The molecule has 1 aliphatic rings. The molecule has 10 heteroatoms. The van der Waals surface area contributed by atoms with Gasteiger partial charge < -0.3 is 24.8 Å². The van der Waals surface area contributed by atoms with Crippen molar-refractivity contribution in [2.45, 2.75) is 32.9 Å². The summed E-state index contributed by atoms with van der Waals surface area (Å²) in [5.41, 5.74) is 0.364. The van der Waals surface area contributed by atoms with E-state index in [1.54, 1.807) is 20.8 Å². The number of amides is 2. The van der Waals surface area contributed by atoms with Gasteiger partial charge in [0.05, 0.1) is 36.9 Å². The highest BCUT2D eigenvalue weighted by atomic mass is 16.6. The third-order valence-electron chi connectivity index (χ3n) is 3.84. The molecule has 0 saturated carbocycles. The van der Waals surface area contributed by atoms with Crippen molar-refractivity contribution < 1.29 is 28.7 Å². The van der Waals surface area contributed by atoms with E-state index in [1.165, 1.54) is 26.4 Å². The number of urea groups is 1. The summed E-state index contributed by atoms with van der Waals surface area (Å²) in [5.74, 6) is -0.585. The number of hydrogen-bond acceptors (Lipinski definition) is 7. The molecule has 2 N–H and O–H groups in total. The van der Waals surface area contributed by atoms with Gasteiger partial charge in [0.2, 0.25) is 5.75 Å². The van der Waals surface area contributed by atoms with E-state index in [0.717, 1.165) is 0 Å². The third kappa shape index (κ3) is 4.10. The number of hydrogen-bond donors (Lipinski definition) is 2. The van der Waals surface area contributed by atoms with Crippen LogP contribution in [0.1, 0.15) is 32.4 Å². The molecule has 0 radical (unpaired) electrons. The fraction of sp³-hybridized carbons (Fsp3) is 0.412. The van der Waals surface area contributed by atoms with Crippen LogP contribution in [0.25, 0.3) is 0 Å². The quantitative estimate of drug-likeness (QED) is 0.440. The van der Waals surface area contributed by atoms with E-state index in [0.29, 0.717) is 5.70 Å². The van der Waals surface area contributed by atoms with Gasteiger partial charge in [-0.2, -0.15) is 0 Å². The number of nitro groups is 1. The van der Waals surface area contributed by atoms with Crippen LogP contribution in [0.4, 0.5) is 10.5 Å². The van der Waals surface area contributed by atoms with Gasteiger partial charge in [-0.1, -0.05) is 0 Å². The Kier molecular flexibility index (Phi) is 5.88. The summed E-state index contributed by atoms with van der Waals surface area (Å²) < 4.78 is 15.6. The van der Waals surface area contributed by atoms with Gasteiger partial charge in [0.15, 0.2) is 5.75 Å². The molecule has 0 aromatic heterocycles. The number of methoxy groups -OCH3 is 2. The van der Waals surface area contributed by atoms with Crippen molar-refractivity contribution in [3.63, 3.8) is 0 Å². The zero-order chi connectivity index (χ0) is 20.3. The van der Waals surface area contributed by atoms with Gasteiger partial charge in [0.1, 0.15) is 0 Å². The smallest absolute Gasteiger partial charge is 0.337 e. The van der Waals surface area contributed by atoms with Gasteiger partial charge in [-0.15, -0.1) is 0 Å². The molecule has 2 amide bonds. The maximum Gasteiger partial charge on any atom is 0.337 e. The molecule has 0 fully saturated rings. The van der Waals surface area contributed by atoms with Crippen LogP contribution in [-0.4, -0.2) is 37.2 Å². The molecule has 1 aromatic carbocycles. The number of rotatable bonds is 6. The highest BCUT2D eigenvalue weighted by Gasteiger charge is 2.34. The minimum atomic E-state index is -0.952. The molecule has 1 atom stereocenters. The Balaban J connectivity index is 2.68. The predicted molar refractivity (Wildman–Crippen MR) is 94.5 cm³/mol. The van der Waals surface area contributed by atoms with Gasteiger partial charge in [-0.05, 0) is 32.4 Å². The third-order valence-corrected chi connectivity index (χ3v) is 3.84. The average molecular weight is 379 g/mol. The normalized spacial score (nSPS) is 16.5. The Hall–Kier alpha value is -3.30. The molecule has 1 unspecified atom stereocenters. The SMILES string of the molecule is COC(=O)C1=C(C)NC(=O)NC1c1cc(OC)c(OC(C)C)c([N+](=O)[O-])c1. The van der Waals surface area contributed by atoms with Crippen LogP contribution in [0, 0.1) is 10.1 Å². The molecule has 27 heavy (non-hydrogen) atoms. The van der Waals surface area contributed by atoms with E-state index in [4.69, 9.17) is 14.2 Å². The lowest BCUT2D eigenvalue weighted by Crippen LogP contribution is -2.45. The molecule has 0 saturated heterocycles. The summed E-state index contributed by atoms with van der Waals surface area (Å²) in [6.45, 7) is 5.00. The molecule has 0 spiro atoms. The highest BCUT2D eigenvalue weighted by Crippen LogP contribution is 2.42. The Morgan fingerprint density at radius 3 is 2.48 bits per heavy atom. The second-order valence-corrected chi connectivity index (χ2v) is 6.06. The van der Waals surface area contributed by atoms with Crippen molar-refractivity contribution in [1.29, 1.82) is 0 Å². The predicted octanol–water partition coefficient (Wildman–Crippen LogP) is 2.19. The van der Waals surface area contributed by atoms with Crippen LogP contribution in [0.5, 0.6) is 11.5 Å². The maximum atomic E-state index is 12.2. The standard InChI is InChI=1S/C17H21N3O7/c1-8(2)27-15-11(20(23)24)6-10(7-12(15)25-4)14-13(16(21)26-5)9(3)18-17(22)19-14/h6-8,14H,1-5H3,(H2,18,19,22).